The molecule has 4 heteroatoms. The Labute approximate surface area is 110 Å². The molecule has 0 saturated carbocycles. The van der Waals surface area contributed by atoms with Gasteiger partial charge >= 0.3 is 0 Å². The highest BCUT2D eigenvalue weighted by atomic mass is 32.1. The molecule has 92 valence electrons. The predicted octanol–water partition coefficient (Wildman–Crippen LogP) is 2.74. The van der Waals surface area contributed by atoms with Gasteiger partial charge < -0.3 is 9.80 Å². The lowest BCUT2D eigenvalue weighted by molar-refractivity contribution is 0.563. The number of rotatable bonds is 5. The summed E-state index contributed by atoms with van der Waals surface area (Å²) in [5, 5.41) is 0. The summed E-state index contributed by atoms with van der Waals surface area (Å²) in [6.07, 6.45) is 6.04. The summed E-state index contributed by atoms with van der Waals surface area (Å²) in [4.78, 5) is 5.93. The first kappa shape index (κ1) is 15.5. The number of allylic oxidation sites excluding steroid dienone is 2. The zero-order valence-electron chi connectivity index (χ0n) is 10.9. The van der Waals surface area contributed by atoms with Gasteiger partial charge in [0, 0.05) is 41.0 Å². The number of nitrogens with zero attached hydrogens (tertiary/aromatic N) is 2. The molecule has 0 aliphatic heterocycles. The Bertz CT molecular complexity index is 248. The Morgan fingerprint density at radius 3 is 1.62 bits per heavy atom. The Kier molecular flexibility index (Phi) is 7.51. The average Bonchev–Trinajstić information content (AvgIpc) is 2.17. The van der Waals surface area contributed by atoms with Crippen molar-refractivity contribution in [1.29, 1.82) is 0 Å². The normalized spacial score (nSPS) is 10.9. The van der Waals surface area contributed by atoms with Crippen LogP contribution < -0.4 is 0 Å². The first-order chi connectivity index (χ1) is 7.38. The van der Waals surface area contributed by atoms with Gasteiger partial charge in [-0.2, -0.15) is 0 Å². The van der Waals surface area contributed by atoms with E-state index in [9.17, 15) is 0 Å². The van der Waals surface area contributed by atoms with E-state index in [0.717, 1.165) is 22.8 Å². The van der Waals surface area contributed by atoms with E-state index in [2.05, 4.69) is 12.2 Å². The molecule has 0 aliphatic carbocycles. The van der Waals surface area contributed by atoms with Crippen molar-refractivity contribution in [3.05, 3.63) is 12.2 Å². The van der Waals surface area contributed by atoms with E-state index >= 15 is 0 Å². The summed E-state index contributed by atoms with van der Waals surface area (Å²) in [6.45, 7) is 2.03. The molecule has 0 rings (SSSR count). The standard InChI is InChI=1S/C12H22N2S2/c1-6-7-10(8-11(15)13(2)3)9-12(16)14(4)5/h6-7,10H,8-9H2,1-5H3/b7-6+. The molecule has 0 saturated heterocycles. The van der Waals surface area contributed by atoms with Crippen LogP contribution in [0.25, 0.3) is 0 Å². The van der Waals surface area contributed by atoms with Gasteiger partial charge in [0.1, 0.15) is 0 Å². The van der Waals surface area contributed by atoms with Gasteiger partial charge in [-0.15, -0.1) is 0 Å². The van der Waals surface area contributed by atoms with E-state index < -0.39 is 0 Å². The molecule has 0 spiro atoms. The first-order valence-corrected chi connectivity index (χ1v) is 6.23. The van der Waals surface area contributed by atoms with Crippen LogP contribution in [0, 0.1) is 5.92 Å². The Hall–Kier alpha value is -0.480. The first-order valence-electron chi connectivity index (χ1n) is 5.41. The van der Waals surface area contributed by atoms with Gasteiger partial charge in [0.05, 0.1) is 9.98 Å². The van der Waals surface area contributed by atoms with Crippen LogP contribution in [-0.4, -0.2) is 48.0 Å². The molecule has 0 heterocycles. The fraction of sp³-hybridized carbons (Fsp3) is 0.667. The molecule has 0 unspecified atom stereocenters. The Morgan fingerprint density at radius 2 is 1.38 bits per heavy atom. The van der Waals surface area contributed by atoms with Gasteiger partial charge in [-0.25, -0.2) is 0 Å². The highest BCUT2D eigenvalue weighted by Gasteiger charge is 2.12. The zero-order chi connectivity index (χ0) is 12.7. The van der Waals surface area contributed by atoms with Crippen LogP contribution in [0.1, 0.15) is 19.8 Å². The smallest absolute Gasteiger partial charge is 0.0780 e. The topological polar surface area (TPSA) is 6.48 Å². The lowest BCUT2D eigenvalue weighted by atomic mass is 10.00. The Morgan fingerprint density at radius 1 is 1.00 bits per heavy atom. The maximum absolute atomic E-state index is 5.32. The minimum Gasteiger partial charge on any atom is -0.372 e. The van der Waals surface area contributed by atoms with Crippen molar-refractivity contribution in [3.8, 4) is 0 Å². The van der Waals surface area contributed by atoms with Crippen LogP contribution in [0.15, 0.2) is 12.2 Å². The molecule has 0 radical (unpaired) electrons. The average molecular weight is 258 g/mol. The largest absolute Gasteiger partial charge is 0.372 e. The fourth-order valence-electron chi connectivity index (χ4n) is 1.29. The fourth-order valence-corrected chi connectivity index (χ4v) is 1.72. The van der Waals surface area contributed by atoms with E-state index in [1.165, 1.54) is 0 Å². The van der Waals surface area contributed by atoms with Gasteiger partial charge in [0.15, 0.2) is 0 Å². The third-order valence-corrected chi connectivity index (χ3v) is 3.40. The quantitative estimate of drug-likeness (QED) is 0.552. The van der Waals surface area contributed by atoms with Gasteiger partial charge in [-0.3, -0.25) is 0 Å². The third kappa shape index (κ3) is 6.18. The van der Waals surface area contributed by atoms with Crippen LogP contribution in [-0.2, 0) is 0 Å². The van der Waals surface area contributed by atoms with Crippen LogP contribution in [0.3, 0.4) is 0 Å². The summed E-state index contributed by atoms with van der Waals surface area (Å²) >= 11 is 10.6. The molecule has 16 heavy (non-hydrogen) atoms. The molecular weight excluding hydrogens is 236 g/mol. The van der Waals surface area contributed by atoms with Crippen molar-refractivity contribution in [2.45, 2.75) is 19.8 Å². The lowest BCUT2D eigenvalue weighted by Gasteiger charge is -2.21. The molecule has 2 nitrogen and oxygen atoms in total. The zero-order valence-corrected chi connectivity index (χ0v) is 12.5. The van der Waals surface area contributed by atoms with E-state index in [1.807, 2.05) is 44.9 Å². The van der Waals surface area contributed by atoms with Crippen molar-refractivity contribution in [3.63, 3.8) is 0 Å². The molecule has 0 aliphatic rings. The van der Waals surface area contributed by atoms with Gasteiger partial charge in [0.2, 0.25) is 0 Å². The minimum absolute atomic E-state index is 0.412. The van der Waals surface area contributed by atoms with Crippen molar-refractivity contribution in [2.24, 2.45) is 5.92 Å². The molecule has 0 bridgehead atoms. The van der Waals surface area contributed by atoms with Crippen molar-refractivity contribution in [2.75, 3.05) is 28.2 Å². The van der Waals surface area contributed by atoms with E-state index in [0.29, 0.717) is 5.92 Å². The lowest BCUT2D eigenvalue weighted by Crippen LogP contribution is -2.26. The summed E-state index contributed by atoms with van der Waals surface area (Å²) in [5.74, 6) is 0.412. The van der Waals surface area contributed by atoms with E-state index in [4.69, 9.17) is 24.4 Å². The summed E-state index contributed by atoms with van der Waals surface area (Å²) in [6, 6.07) is 0. The molecule has 0 fully saturated rings. The van der Waals surface area contributed by atoms with Crippen molar-refractivity contribution in [1.82, 2.24) is 9.80 Å². The molecule has 0 atom stereocenters. The molecule has 0 N–H and O–H groups in total. The number of hydrogen-bond acceptors (Lipinski definition) is 2. The summed E-state index contributed by atoms with van der Waals surface area (Å²) in [5.41, 5.74) is 0. The van der Waals surface area contributed by atoms with Crippen molar-refractivity contribution >= 4 is 34.4 Å². The summed E-state index contributed by atoms with van der Waals surface area (Å²) < 4.78 is 0. The molecule has 0 aromatic carbocycles. The third-order valence-electron chi connectivity index (χ3n) is 2.34. The Balaban J connectivity index is 4.39. The second-order valence-electron chi connectivity index (χ2n) is 4.27. The second-order valence-corrected chi connectivity index (χ2v) is 5.21. The van der Waals surface area contributed by atoms with Crippen LogP contribution >= 0.6 is 24.4 Å². The molecular formula is C12H22N2S2. The van der Waals surface area contributed by atoms with Gasteiger partial charge in [-0.1, -0.05) is 36.6 Å². The highest BCUT2D eigenvalue weighted by Crippen LogP contribution is 2.15. The maximum atomic E-state index is 5.32. The van der Waals surface area contributed by atoms with Gasteiger partial charge in [-0.05, 0) is 12.8 Å². The number of hydrogen-bond donors (Lipinski definition) is 0. The van der Waals surface area contributed by atoms with E-state index in [1.54, 1.807) is 0 Å². The number of thiocarbonyl (C=S) groups is 2. The molecule has 0 aromatic heterocycles. The summed E-state index contributed by atoms with van der Waals surface area (Å²) in [7, 11) is 7.94. The molecule has 0 aromatic rings. The SMILES string of the molecule is C/C=C/C(CC(=S)N(C)C)CC(=S)N(C)C. The van der Waals surface area contributed by atoms with E-state index in [-0.39, 0.29) is 0 Å². The van der Waals surface area contributed by atoms with Crippen LogP contribution in [0.4, 0.5) is 0 Å². The van der Waals surface area contributed by atoms with Crippen molar-refractivity contribution < 1.29 is 0 Å². The van der Waals surface area contributed by atoms with Gasteiger partial charge in [0.25, 0.3) is 0 Å². The van der Waals surface area contributed by atoms with Crippen LogP contribution in [0.5, 0.6) is 0 Å². The predicted molar refractivity (Wildman–Crippen MR) is 80.1 cm³/mol. The van der Waals surface area contributed by atoms with Crippen LogP contribution in [0.2, 0.25) is 0 Å². The maximum Gasteiger partial charge on any atom is 0.0780 e. The minimum atomic E-state index is 0.412. The molecule has 0 amide bonds. The highest BCUT2D eigenvalue weighted by molar-refractivity contribution is 7.80. The monoisotopic (exact) mass is 258 g/mol. The second kappa shape index (κ2) is 7.74.